The lowest BCUT2D eigenvalue weighted by atomic mass is 10.1. The largest absolute Gasteiger partial charge is 0.495 e. The highest BCUT2D eigenvalue weighted by molar-refractivity contribution is 9.10. The van der Waals surface area contributed by atoms with Crippen molar-refractivity contribution in [2.45, 2.75) is 11.4 Å². The predicted molar refractivity (Wildman–Crippen MR) is 137 cm³/mol. The predicted octanol–water partition coefficient (Wildman–Crippen LogP) is 3.95. The summed E-state index contributed by atoms with van der Waals surface area (Å²) in [6.45, 7) is 0.0382. The molecule has 184 valence electrons. The van der Waals surface area contributed by atoms with Gasteiger partial charge in [0, 0.05) is 36.4 Å². The molecule has 3 rings (SSSR count). The fourth-order valence-corrected chi connectivity index (χ4v) is 4.76. The van der Waals surface area contributed by atoms with E-state index in [-0.39, 0.29) is 34.0 Å². The zero-order chi connectivity index (χ0) is 25.8. The van der Waals surface area contributed by atoms with Gasteiger partial charge in [-0.3, -0.25) is 4.79 Å². The van der Waals surface area contributed by atoms with E-state index in [1.54, 1.807) is 6.07 Å². The quantitative estimate of drug-likeness (QED) is 0.361. The van der Waals surface area contributed by atoms with Gasteiger partial charge in [-0.25, -0.2) is 17.9 Å². The maximum atomic E-state index is 13.1. The Bertz CT molecular complexity index is 1360. The molecule has 0 atom stereocenters. The zero-order valence-corrected chi connectivity index (χ0v) is 21.6. The van der Waals surface area contributed by atoms with Crippen molar-refractivity contribution in [3.8, 4) is 5.75 Å². The molecule has 3 N–H and O–H groups in total. The average Bonchev–Trinajstić information content (AvgIpc) is 2.83. The molecule has 0 aliphatic carbocycles. The lowest BCUT2D eigenvalue weighted by Gasteiger charge is -2.14. The van der Waals surface area contributed by atoms with Gasteiger partial charge >= 0.3 is 5.97 Å². The van der Waals surface area contributed by atoms with E-state index in [1.165, 1.54) is 37.4 Å². The van der Waals surface area contributed by atoms with Crippen LogP contribution in [0.2, 0.25) is 0 Å². The number of carbonyl (C=O) groups is 2. The third-order valence-corrected chi connectivity index (χ3v) is 7.01. The van der Waals surface area contributed by atoms with E-state index in [0.717, 1.165) is 11.3 Å². The van der Waals surface area contributed by atoms with Crippen LogP contribution in [-0.4, -0.2) is 46.6 Å². The molecule has 9 nitrogen and oxygen atoms in total. The standard InChI is InChI=1S/C24H24BrN3O6S/c1-28(2)18-8-4-15(5-9-18)14-26-35(32,33)22-12-16(6-11-21(22)34-3)23(29)27-20-10-7-17(25)13-19(20)24(30)31/h4-13,26H,14H2,1-3H3,(H,27,29)(H,30,31). The van der Waals surface area contributed by atoms with E-state index in [2.05, 4.69) is 26.0 Å². The number of carboxylic acid groups (broad SMARTS) is 1. The molecular weight excluding hydrogens is 538 g/mol. The van der Waals surface area contributed by atoms with Crippen LogP contribution >= 0.6 is 15.9 Å². The third kappa shape index (κ3) is 6.38. The second-order valence-corrected chi connectivity index (χ2v) is 10.4. The number of ether oxygens (including phenoxy) is 1. The molecule has 3 aromatic rings. The smallest absolute Gasteiger partial charge is 0.337 e. The Kier molecular flexibility index (Phi) is 8.15. The van der Waals surface area contributed by atoms with E-state index < -0.39 is 21.9 Å². The maximum Gasteiger partial charge on any atom is 0.337 e. The monoisotopic (exact) mass is 561 g/mol. The number of hydrogen-bond donors (Lipinski definition) is 3. The minimum absolute atomic E-state index is 0.0146. The molecule has 3 aromatic carbocycles. The van der Waals surface area contributed by atoms with Crippen molar-refractivity contribution < 1.29 is 27.9 Å². The van der Waals surface area contributed by atoms with Gasteiger partial charge in [-0.05, 0) is 54.1 Å². The first-order valence-electron chi connectivity index (χ1n) is 10.3. The SMILES string of the molecule is COc1ccc(C(=O)Nc2ccc(Br)cc2C(=O)O)cc1S(=O)(=O)NCc1ccc(N(C)C)cc1. The highest BCUT2D eigenvalue weighted by Crippen LogP contribution is 2.27. The first-order chi connectivity index (χ1) is 16.5. The molecule has 0 unspecified atom stereocenters. The zero-order valence-electron chi connectivity index (χ0n) is 19.2. The highest BCUT2D eigenvalue weighted by atomic mass is 79.9. The molecule has 0 saturated heterocycles. The molecule has 0 radical (unpaired) electrons. The Balaban J connectivity index is 1.85. The fraction of sp³-hybridized carbons (Fsp3) is 0.167. The number of nitrogens with zero attached hydrogens (tertiary/aromatic N) is 1. The molecule has 11 heteroatoms. The molecule has 1 amide bonds. The van der Waals surface area contributed by atoms with Gasteiger partial charge in [0.05, 0.1) is 18.4 Å². The molecule has 0 aliphatic heterocycles. The fourth-order valence-electron chi connectivity index (χ4n) is 3.19. The number of halogens is 1. The number of rotatable bonds is 9. The van der Waals surface area contributed by atoms with Crippen LogP contribution in [0.15, 0.2) is 70.0 Å². The highest BCUT2D eigenvalue weighted by Gasteiger charge is 2.22. The number of carboxylic acids is 1. The topological polar surface area (TPSA) is 125 Å². The van der Waals surface area contributed by atoms with E-state index in [0.29, 0.717) is 4.47 Å². The van der Waals surface area contributed by atoms with Crippen LogP contribution in [0, 0.1) is 0 Å². The van der Waals surface area contributed by atoms with Crippen LogP contribution in [0.1, 0.15) is 26.3 Å². The number of nitrogens with one attached hydrogen (secondary N) is 2. The normalized spacial score (nSPS) is 11.1. The van der Waals surface area contributed by atoms with Crippen molar-refractivity contribution in [2.24, 2.45) is 0 Å². The van der Waals surface area contributed by atoms with Crippen LogP contribution < -0.4 is 19.7 Å². The van der Waals surface area contributed by atoms with Crippen molar-refractivity contribution in [3.63, 3.8) is 0 Å². The Morgan fingerprint density at radius 3 is 2.31 bits per heavy atom. The molecule has 0 saturated carbocycles. The molecule has 0 bridgehead atoms. The van der Waals surface area contributed by atoms with Crippen molar-refractivity contribution >= 4 is 49.2 Å². The number of anilines is 2. The lowest BCUT2D eigenvalue weighted by Crippen LogP contribution is -2.24. The van der Waals surface area contributed by atoms with Gasteiger partial charge in [-0.1, -0.05) is 28.1 Å². The van der Waals surface area contributed by atoms with Crippen molar-refractivity contribution in [2.75, 3.05) is 31.4 Å². The van der Waals surface area contributed by atoms with Gasteiger partial charge in [0.25, 0.3) is 5.91 Å². The number of amides is 1. The number of hydrogen-bond acceptors (Lipinski definition) is 6. The summed E-state index contributed by atoms with van der Waals surface area (Å²) >= 11 is 3.20. The van der Waals surface area contributed by atoms with Gasteiger partial charge in [0.2, 0.25) is 10.0 Å². The van der Waals surface area contributed by atoms with E-state index in [9.17, 15) is 23.1 Å². The Labute approximate surface area is 211 Å². The second kappa shape index (κ2) is 10.9. The maximum absolute atomic E-state index is 13.1. The van der Waals surface area contributed by atoms with Crippen molar-refractivity contribution in [1.82, 2.24) is 4.72 Å². The van der Waals surface area contributed by atoms with Gasteiger partial charge in [-0.2, -0.15) is 0 Å². The molecule has 0 aliphatic rings. The summed E-state index contributed by atoms with van der Waals surface area (Å²) in [5.41, 5.74) is 1.71. The average molecular weight is 562 g/mol. The van der Waals surface area contributed by atoms with Crippen LogP contribution in [0.5, 0.6) is 5.75 Å². The molecule has 0 spiro atoms. The van der Waals surface area contributed by atoms with Crippen molar-refractivity contribution in [3.05, 3.63) is 81.8 Å². The van der Waals surface area contributed by atoms with Gasteiger partial charge in [0.1, 0.15) is 10.6 Å². The number of aromatic carboxylic acids is 1. The van der Waals surface area contributed by atoms with E-state index in [1.807, 2.05) is 43.3 Å². The minimum atomic E-state index is -4.05. The van der Waals surface area contributed by atoms with Gasteiger partial charge in [0.15, 0.2) is 0 Å². The lowest BCUT2D eigenvalue weighted by molar-refractivity contribution is 0.0698. The summed E-state index contributed by atoms with van der Waals surface area (Å²) in [6, 6.07) is 15.7. The van der Waals surface area contributed by atoms with Crippen LogP contribution in [-0.2, 0) is 16.6 Å². The van der Waals surface area contributed by atoms with E-state index >= 15 is 0 Å². The molecule has 35 heavy (non-hydrogen) atoms. The first kappa shape index (κ1) is 26.2. The Morgan fingerprint density at radius 2 is 1.71 bits per heavy atom. The molecule has 0 heterocycles. The summed E-state index contributed by atoms with van der Waals surface area (Å²) < 4.78 is 34.4. The number of sulfonamides is 1. The Hall–Kier alpha value is -3.41. The number of benzene rings is 3. The third-order valence-electron chi connectivity index (χ3n) is 5.09. The van der Waals surface area contributed by atoms with Crippen LogP contribution in [0.3, 0.4) is 0 Å². The van der Waals surface area contributed by atoms with Crippen LogP contribution in [0.25, 0.3) is 0 Å². The van der Waals surface area contributed by atoms with Crippen LogP contribution in [0.4, 0.5) is 11.4 Å². The molecule has 0 fully saturated rings. The second-order valence-electron chi connectivity index (χ2n) is 7.70. The number of carbonyl (C=O) groups excluding carboxylic acids is 1. The minimum Gasteiger partial charge on any atom is -0.495 e. The van der Waals surface area contributed by atoms with E-state index in [4.69, 9.17) is 4.74 Å². The molecular formula is C24H24BrN3O6S. The summed E-state index contributed by atoms with van der Waals surface area (Å²) in [5, 5.41) is 11.9. The summed E-state index contributed by atoms with van der Waals surface area (Å²) in [5.74, 6) is -1.83. The molecule has 0 aromatic heterocycles. The Morgan fingerprint density at radius 1 is 1.03 bits per heavy atom. The van der Waals surface area contributed by atoms with Crippen molar-refractivity contribution in [1.29, 1.82) is 0 Å². The van der Waals surface area contributed by atoms with Gasteiger partial charge < -0.3 is 20.1 Å². The van der Waals surface area contributed by atoms with Gasteiger partial charge in [-0.15, -0.1) is 0 Å². The summed E-state index contributed by atoms with van der Waals surface area (Å²) in [4.78, 5) is 26.1. The summed E-state index contributed by atoms with van der Waals surface area (Å²) in [6.07, 6.45) is 0. The first-order valence-corrected chi connectivity index (χ1v) is 12.6. The number of methoxy groups -OCH3 is 1. The summed E-state index contributed by atoms with van der Waals surface area (Å²) in [7, 11) is 1.10.